The van der Waals surface area contributed by atoms with Gasteiger partial charge >= 0.3 is 0 Å². The fourth-order valence-corrected chi connectivity index (χ4v) is 3.98. The minimum absolute atomic E-state index is 0.370. The Labute approximate surface area is 150 Å². The highest BCUT2D eigenvalue weighted by Crippen LogP contribution is 2.24. The molecule has 0 aliphatic carbocycles. The molecule has 1 aromatic carbocycles. The zero-order valence-electron chi connectivity index (χ0n) is 15.1. The number of hydrogen-bond acceptors (Lipinski definition) is 4. The summed E-state index contributed by atoms with van der Waals surface area (Å²) in [6, 6.07) is 11.2. The van der Waals surface area contributed by atoms with E-state index in [1.807, 2.05) is 0 Å². The SMILES string of the molecule is CC(CCN1CCc2nc(C3CCCN3)ncc2C1)c1ccccc1. The van der Waals surface area contributed by atoms with Crippen molar-refractivity contribution in [1.29, 1.82) is 0 Å². The van der Waals surface area contributed by atoms with Gasteiger partial charge in [-0.2, -0.15) is 0 Å². The molecule has 132 valence electrons. The van der Waals surface area contributed by atoms with Crippen molar-refractivity contribution in [3.8, 4) is 0 Å². The van der Waals surface area contributed by atoms with E-state index in [4.69, 9.17) is 4.98 Å². The number of fused-ring (bicyclic) bond motifs is 1. The van der Waals surface area contributed by atoms with E-state index < -0.39 is 0 Å². The summed E-state index contributed by atoms with van der Waals surface area (Å²) in [5.41, 5.74) is 4.03. The van der Waals surface area contributed by atoms with E-state index in [0.29, 0.717) is 12.0 Å². The molecular formula is C21H28N4. The highest BCUT2D eigenvalue weighted by Gasteiger charge is 2.23. The summed E-state index contributed by atoms with van der Waals surface area (Å²) in [7, 11) is 0. The normalized spacial score (nSPS) is 21.9. The molecule has 3 heterocycles. The van der Waals surface area contributed by atoms with Gasteiger partial charge in [0.05, 0.1) is 6.04 Å². The van der Waals surface area contributed by atoms with Crippen LogP contribution < -0.4 is 5.32 Å². The van der Waals surface area contributed by atoms with Crippen LogP contribution in [-0.2, 0) is 13.0 Å². The molecule has 2 unspecified atom stereocenters. The van der Waals surface area contributed by atoms with Crippen molar-refractivity contribution in [2.24, 2.45) is 0 Å². The van der Waals surface area contributed by atoms with Gasteiger partial charge in [-0.05, 0) is 43.8 Å². The molecule has 2 aromatic rings. The zero-order valence-corrected chi connectivity index (χ0v) is 15.1. The maximum atomic E-state index is 4.87. The smallest absolute Gasteiger partial charge is 0.145 e. The van der Waals surface area contributed by atoms with Crippen molar-refractivity contribution < 1.29 is 0 Å². The predicted octanol–water partition coefficient (Wildman–Crippen LogP) is 3.45. The van der Waals surface area contributed by atoms with Gasteiger partial charge in [0.1, 0.15) is 5.82 Å². The molecular weight excluding hydrogens is 308 g/mol. The van der Waals surface area contributed by atoms with Gasteiger partial charge in [0.15, 0.2) is 0 Å². The molecule has 2 aliphatic rings. The molecule has 2 aliphatic heterocycles. The highest BCUT2D eigenvalue weighted by atomic mass is 15.1. The first kappa shape index (κ1) is 16.7. The van der Waals surface area contributed by atoms with Gasteiger partial charge in [-0.1, -0.05) is 37.3 Å². The van der Waals surface area contributed by atoms with Crippen LogP contribution >= 0.6 is 0 Å². The molecule has 4 heteroatoms. The second-order valence-corrected chi connectivity index (χ2v) is 7.48. The van der Waals surface area contributed by atoms with Gasteiger partial charge in [0.2, 0.25) is 0 Å². The maximum Gasteiger partial charge on any atom is 0.145 e. The van der Waals surface area contributed by atoms with Crippen LogP contribution in [0.5, 0.6) is 0 Å². The maximum absolute atomic E-state index is 4.87. The number of aromatic nitrogens is 2. The standard InChI is InChI=1S/C21H28N4/c1-16(17-6-3-2-4-7-17)9-12-25-13-10-19-18(15-25)14-23-21(24-19)20-8-5-11-22-20/h2-4,6-7,14,16,20,22H,5,8-13,15H2,1H3. The number of benzene rings is 1. The Balaban J connectivity index is 1.35. The van der Waals surface area contributed by atoms with Crippen molar-refractivity contribution in [3.63, 3.8) is 0 Å². The minimum Gasteiger partial charge on any atom is -0.307 e. The Morgan fingerprint density at radius 2 is 2.16 bits per heavy atom. The van der Waals surface area contributed by atoms with Crippen molar-refractivity contribution in [2.45, 2.75) is 51.1 Å². The third-order valence-corrected chi connectivity index (χ3v) is 5.65. The summed E-state index contributed by atoms with van der Waals surface area (Å²) in [4.78, 5) is 12.1. The fraction of sp³-hybridized carbons (Fsp3) is 0.524. The molecule has 1 aromatic heterocycles. The molecule has 0 radical (unpaired) electrons. The second-order valence-electron chi connectivity index (χ2n) is 7.48. The molecule has 0 bridgehead atoms. The van der Waals surface area contributed by atoms with E-state index in [1.165, 1.54) is 36.1 Å². The molecule has 1 saturated heterocycles. The van der Waals surface area contributed by atoms with E-state index in [-0.39, 0.29) is 0 Å². The quantitative estimate of drug-likeness (QED) is 0.908. The molecule has 1 fully saturated rings. The van der Waals surface area contributed by atoms with E-state index in [2.05, 4.69) is 58.7 Å². The largest absolute Gasteiger partial charge is 0.307 e. The Bertz CT molecular complexity index is 694. The fourth-order valence-electron chi connectivity index (χ4n) is 3.98. The Hall–Kier alpha value is -1.78. The molecule has 4 nitrogen and oxygen atoms in total. The first-order valence-corrected chi connectivity index (χ1v) is 9.65. The van der Waals surface area contributed by atoms with Gasteiger partial charge in [0, 0.05) is 37.0 Å². The summed E-state index contributed by atoms with van der Waals surface area (Å²) in [5, 5.41) is 3.50. The lowest BCUT2D eigenvalue weighted by molar-refractivity contribution is 0.242. The van der Waals surface area contributed by atoms with Crippen molar-refractivity contribution in [1.82, 2.24) is 20.2 Å². The van der Waals surface area contributed by atoms with Crippen LogP contribution in [0.1, 0.15) is 60.8 Å². The lowest BCUT2D eigenvalue weighted by atomic mass is 9.97. The Morgan fingerprint density at radius 1 is 1.28 bits per heavy atom. The van der Waals surface area contributed by atoms with Crippen LogP contribution in [0.15, 0.2) is 36.5 Å². The summed E-state index contributed by atoms with van der Waals surface area (Å²) < 4.78 is 0. The Kier molecular flexibility index (Phi) is 5.09. The zero-order chi connectivity index (χ0) is 17.1. The minimum atomic E-state index is 0.370. The molecule has 0 saturated carbocycles. The number of nitrogens with one attached hydrogen (secondary N) is 1. The summed E-state index contributed by atoms with van der Waals surface area (Å²) in [6.07, 6.45) is 6.73. The molecule has 1 N–H and O–H groups in total. The van der Waals surface area contributed by atoms with Crippen LogP contribution in [0.3, 0.4) is 0 Å². The van der Waals surface area contributed by atoms with E-state index in [9.17, 15) is 0 Å². The number of nitrogens with zero attached hydrogens (tertiary/aromatic N) is 3. The van der Waals surface area contributed by atoms with Gasteiger partial charge in [-0.25, -0.2) is 9.97 Å². The average Bonchev–Trinajstić information content (AvgIpc) is 3.21. The van der Waals surface area contributed by atoms with Gasteiger partial charge in [-0.15, -0.1) is 0 Å². The van der Waals surface area contributed by atoms with E-state index in [0.717, 1.165) is 38.4 Å². The van der Waals surface area contributed by atoms with Gasteiger partial charge < -0.3 is 5.32 Å². The molecule has 4 rings (SSSR count). The molecule has 25 heavy (non-hydrogen) atoms. The van der Waals surface area contributed by atoms with Crippen LogP contribution in [0.4, 0.5) is 0 Å². The van der Waals surface area contributed by atoms with Crippen molar-refractivity contribution in [2.75, 3.05) is 19.6 Å². The number of rotatable bonds is 5. The van der Waals surface area contributed by atoms with E-state index in [1.54, 1.807) is 0 Å². The third-order valence-electron chi connectivity index (χ3n) is 5.65. The van der Waals surface area contributed by atoms with Crippen molar-refractivity contribution in [3.05, 3.63) is 59.2 Å². The highest BCUT2D eigenvalue weighted by molar-refractivity contribution is 5.22. The molecule has 2 atom stereocenters. The monoisotopic (exact) mass is 336 g/mol. The lowest BCUT2D eigenvalue weighted by Crippen LogP contribution is -2.33. The summed E-state index contributed by atoms with van der Waals surface area (Å²) >= 11 is 0. The van der Waals surface area contributed by atoms with Crippen molar-refractivity contribution >= 4 is 0 Å². The third kappa shape index (κ3) is 3.91. The van der Waals surface area contributed by atoms with Crippen LogP contribution in [0.25, 0.3) is 0 Å². The Morgan fingerprint density at radius 3 is 2.96 bits per heavy atom. The molecule has 0 spiro atoms. The lowest BCUT2D eigenvalue weighted by Gasteiger charge is -2.29. The topological polar surface area (TPSA) is 41.1 Å². The summed E-state index contributed by atoms with van der Waals surface area (Å²) in [6.45, 7) is 6.68. The first-order valence-electron chi connectivity index (χ1n) is 9.65. The average molecular weight is 336 g/mol. The van der Waals surface area contributed by atoms with Gasteiger partial charge in [0.25, 0.3) is 0 Å². The van der Waals surface area contributed by atoms with Gasteiger partial charge in [-0.3, -0.25) is 4.90 Å². The van der Waals surface area contributed by atoms with Crippen LogP contribution in [-0.4, -0.2) is 34.5 Å². The second kappa shape index (κ2) is 7.63. The first-order chi connectivity index (χ1) is 12.3. The molecule has 0 amide bonds. The van der Waals surface area contributed by atoms with E-state index >= 15 is 0 Å². The number of hydrogen-bond donors (Lipinski definition) is 1. The van der Waals surface area contributed by atoms with Crippen LogP contribution in [0, 0.1) is 0 Å². The predicted molar refractivity (Wildman–Crippen MR) is 100 cm³/mol. The van der Waals surface area contributed by atoms with Crippen LogP contribution in [0.2, 0.25) is 0 Å². The summed E-state index contributed by atoms with van der Waals surface area (Å²) in [5.74, 6) is 1.61.